The normalized spacial score (nSPS) is 14.1. The van der Waals surface area contributed by atoms with Crippen LogP contribution in [0, 0.1) is 5.92 Å². The summed E-state index contributed by atoms with van der Waals surface area (Å²) in [7, 11) is 0. The van der Waals surface area contributed by atoms with Gasteiger partial charge in [-0.2, -0.15) is 0 Å². The zero-order valence-electron chi connectivity index (χ0n) is 18.0. The number of amides is 2. The summed E-state index contributed by atoms with van der Waals surface area (Å²) in [5, 5.41) is 5.84. The summed E-state index contributed by atoms with van der Waals surface area (Å²) in [5.74, 6) is 0.856. The van der Waals surface area contributed by atoms with E-state index in [0.717, 1.165) is 32.4 Å². The number of para-hydroxylation sites is 1. The van der Waals surface area contributed by atoms with Crippen LogP contribution in [0.1, 0.15) is 53.8 Å². The van der Waals surface area contributed by atoms with E-state index in [9.17, 15) is 9.59 Å². The molecule has 1 saturated heterocycles. The molecule has 1 heterocycles. The van der Waals surface area contributed by atoms with E-state index in [0.29, 0.717) is 35.1 Å². The number of nitrogens with one attached hydrogen (secondary N) is 2. The Morgan fingerprint density at radius 2 is 1.87 bits per heavy atom. The van der Waals surface area contributed by atoms with Crippen molar-refractivity contribution in [3.8, 4) is 5.75 Å². The highest BCUT2D eigenvalue weighted by molar-refractivity contribution is 7.80. The number of ether oxygens (including phenoxy) is 1. The fourth-order valence-corrected chi connectivity index (χ4v) is 3.66. The number of benzene rings is 2. The third kappa shape index (κ3) is 6.28. The highest BCUT2D eigenvalue weighted by atomic mass is 32.1. The first-order valence-corrected chi connectivity index (χ1v) is 11.1. The van der Waals surface area contributed by atoms with Crippen LogP contribution in [-0.4, -0.2) is 41.5 Å². The maximum absolute atomic E-state index is 12.8. The Morgan fingerprint density at radius 3 is 2.61 bits per heavy atom. The van der Waals surface area contributed by atoms with E-state index in [1.165, 1.54) is 0 Å². The SMILES string of the molecule is CCCOc1ccccc1C(=O)NC(=S)Nc1cccc(C(=O)N2CCC(C)CC2)c1. The van der Waals surface area contributed by atoms with Crippen molar-refractivity contribution in [1.82, 2.24) is 10.2 Å². The Kier molecular flexibility index (Phi) is 8.00. The molecule has 6 nitrogen and oxygen atoms in total. The first-order chi connectivity index (χ1) is 15.0. The molecule has 7 heteroatoms. The molecule has 2 aromatic rings. The van der Waals surface area contributed by atoms with Crippen molar-refractivity contribution in [1.29, 1.82) is 0 Å². The molecule has 0 bridgehead atoms. The van der Waals surface area contributed by atoms with Gasteiger partial charge in [0.15, 0.2) is 5.11 Å². The fraction of sp³-hybridized carbons (Fsp3) is 0.375. The van der Waals surface area contributed by atoms with E-state index < -0.39 is 0 Å². The lowest BCUT2D eigenvalue weighted by molar-refractivity contribution is 0.0697. The number of hydrogen-bond donors (Lipinski definition) is 2. The number of hydrogen-bond acceptors (Lipinski definition) is 4. The molecule has 0 unspecified atom stereocenters. The number of carbonyl (C=O) groups is 2. The molecule has 2 N–H and O–H groups in total. The number of anilines is 1. The first-order valence-electron chi connectivity index (χ1n) is 10.7. The van der Waals surface area contributed by atoms with Crippen LogP contribution in [-0.2, 0) is 0 Å². The molecule has 1 aliphatic rings. The second kappa shape index (κ2) is 10.9. The van der Waals surface area contributed by atoms with Gasteiger partial charge in [-0.1, -0.05) is 32.0 Å². The fourth-order valence-electron chi connectivity index (χ4n) is 3.45. The highest BCUT2D eigenvalue weighted by Gasteiger charge is 2.21. The van der Waals surface area contributed by atoms with Crippen LogP contribution in [0.3, 0.4) is 0 Å². The second-order valence-corrected chi connectivity index (χ2v) is 8.22. The minimum Gasteiger partial charge on any atom is -0.493 e. The van der Waals surface area contributed by atoms with Crippen molar-refractivity contribution >= 4 is 34.8 Å². The van der Waals surface area contributed by atoms with Gasteiger partial charge in [-0.05, 0) is 67.7 Å². The zero-order chi connectivity index (χ0) is 22.2. The number of carbonyl (C=O) groups excluding carboxylic acids is 2. The van der Waals surface area contributed by atoms with Crippen molar-refractivity contribution < 1.29 is 14.3 Å². The van der Waals surface area contributed by atoms with Gasteiger partial charge in [0.05, 0.1) is 12.2 Å². The molecule has 164 valence electrons. The van der Waals surface area contributed by atoms with Gasteiger partial charge in [-0.3, -0.25) is 14.9 Å². The zero-order valence-corrected chi connectivity index (χ0v) is 18.8. The Bertz CT molecular complexity index is 939. The van der Waals surface area contributed by atoms with E-state index in [-0.39, 0.29) is 16.9 Å². The summed E-state index contributed by atoms with van der Waals surface area (Å²) in [6.07, 6.45) is 2.91. The highest BCUT2D eigenvalue weighted by Crippen LogP contribution is 2.20. The molecule has 0 aromatic heterocycles. The van der Waals surface area contributed by atoms with Crippen LogP contribution in [0.15, 0.2) is 48.5 Å². The molecule has 0 aliphatic carbocycles. The Balaban J connectivity index is 1.62. The van der Waals surface area contributed by atoms with Gasteiger partial charge in [0.25, 0.3) is 11.8 Å². The number of thiocarbonyl (C=S) groups is 1. The van der Waals surface area contributed by atoms with Gasteiger partial charge in [0, 0.05) is 24.3 Å². The Morgan fingerprint density at radius 1 is 1.13 bits per heavy atom. The maximum atomic E-state index is 12.8. The van der Waals surface area contributed by atoms with Crippen LogP contribution >= 0.6 is 12.2 Å². The molecule has 3 rings (SSSR count). The topological polar surface area (TPSA) is 70.7 Å². The quantitative estimate of drug-likeness (QED) is 0.650. The largest absolute Gasteiger partial charge is 0.493 e. The molecule has 1 fully saturated rings. The molecule has 0 spiro atoms. The van der Waals surface area contributed by atoms with E-state index in [2.05, 4.69) is 17.6 Å². The summed E-state index contributed by atoms with van der Waals surface area (Å²) in [6, 6.07) is 14.2. The molecular formula is C24H29N3O3S. The van der Waals surface area contributed by atoms with Crippen molar-refractivity contribution in [2.24, 2.45) is 5.92 Å². The average molecular weight is 440 g/mol. The monoisotopic (exact) mass is 439 g/mol. The molecule has 1 aliphatic heterocycles. The lowest BCUT2D eigenvalue weighted by Crippen LogP contribution is -2.38. The van der Waals surface area contributed by atoms with Crippen molar-refractivity contribution in [2.75, 3.05) is 25.0 Å². The van der Waals surface area contributed by atoms with Gasteiger partial charge in [0.2, 0.25) is 0 Å². The molecule has 0 atom stereocenters. The minimum atomic E-state index is -0.348. The van der Waals surface area contributed by atoms with Gasteiger partial charge < -0.3 is 15.0 Å². The van der Waals surface area contributed by atoms with Gasteiger partial charge in [0.1, 0.15) is 5.75 Å². The average Bonchev–Trinajstić information content (AvgIpc) is 2.78. The Labute approximate surface area is 189 Å². The van der Waals surface area contributed by atoms with E-state index in [1.807, 2.05) is 24.0 Å². The van der Waals surface area contributed by atoms with E-state index in [4.69, 9.17) is 17.0 Å². The third-order valence-corrected chi connectivity index (χ3v) is 5.46. The summed E-state index contributed by atoms with van der Waals surface area (Å²) in [6.45, 7) is 6.32. The van der Waals surface area contributed by atoms with Crippen molar-refractivity contribution in [3.63, 3.8) is 0 Å². The standard InChI is InChI=1S/C24H29N3O3S/c1-3-15-30-21-10-5-4-9-20(21)22(28)26-24(31)25-19-8-6-7-18(16-19)23(29)27-13-11-17(2)12-14-27/h4-10,16-17H,3,11-15H2,1-2H3,(H2,25,26,28,31). The van der Waals surface area contributed by atoms with Crippen LogP contribution in [0.25, 0.3) is 0 Å². The molecule has 31 heavy (non-hydrogen) atoms. The lowest BCUT2D eigenvalue weighted by Gasteiger charge is -2.30. The summed E-state index contributed by atoms with van der Waals surface area (Å²) in [5.41, 5.74) is 1.67. The predicted octanol–water partition coefficient (Wildman–Crippen LogP) is 4.47. The van der Waals surface area contributed by atoms with E-state index >= 15 is 0 Å². The summed E-state index contributed by atoms with van der Waals surface area (Å²) < 4.78 is 5.65. The van der Waals surface area contributed by atoms with E-state index in [1.54, 1.807) is 36.4 Å². The van der Waals surface area contributed by atoms with Crippen molar-refractivity contribution in [2.45, 2.75) is 33.1 Å². The van der Waals surface area contributed by atoms with Gasteiger partial charge >= 0.3 is 0 Å². The van der Waals surface area contributed by atoms with Crippen LogP contribution in [0.4, 0.5) is 5.69 Å². The second-order valence-electron chi connectivity index (χ2n) is 7.81. The summed E-state index contributed by atoms with van der Waals surface area (Å²) >= 11 is 5.31. The molecular weight excluding hydrogens is 410 g/mol. The van der Waals surface area contributed by atoms with Crippen LogP contribution < -0.4 is 15.4 Å². The predicted molar refractivity (Wildman–Crippen MR) is 127 cm³/mol. The number of piperidine rings is 1. The Hall–Kier alpha value is -2.93. The van der Waals surface area contributed by atoms with Crippen LogP contribution in [0.2, 0.25) is 0 Å². The number of rotatable bonds is 6. The maximum Gasteiger partial charge on any atom is 0.261 e. The molecule has 2 aromatic carbocycles. The third-order valence-electron chi connectivity index (χ3n) is 5.26. The summed E-state index contributed by atoms with van der Waals surface area (Å²) in [4.78, 5) is 27.4. The first kappa shape index (κ1) is 22.7. The van der Waals surface area contributed by atoms with Crippen LogP contribution in [0.5, 0.6) is 5.75 Å². The molecule has 2 amide bonds. The van der Waals surface area contributed by atoms with Gasteiger partial charge in [-0.25, -0.2) is 0 Å². The van der Waals surface area contributed by atoms with Gasteiger partial charge in [-0.15, -0.1) is 0 Å². The minimum absolute atomic E-state index is 0.0208. The lowest BCUT2D eigenvalue weighted by atomic mass is 9.98. The smallest absolute Gasteiger partial charge is 0.261 e. The molecule has 0 radical (unpaired) electrons. The molecule has 0 saturated carbocycles. The van der Waals surface area contributed by atoms with Crippen molar-refractivity contribution in [3.05, 3.63) is 59.7 Å². The number of likely N-dealkylation sites (tertiary alicyclic amines) is 1. The number of nitrogens with zero attached hydrogens (tertiary/aromatic N) is 1.